The molecular weight excluding hydrogens is 244 g/mol. The van der Waals surface area contributed by atoms with Crippen LogP contribution >= 0.6 is 0 Å². The lowest BCUT2D eigenvalue weighted by Gasteiger charge is -2.15. The molecule has 1 rings (SSSR count). The zero-order chi connectivity index (χ0) is 14.6. The van der Waals surface area contributed by atoms with Crippen LogP contribution in [0.1, 0.15) is 57.9 Å². The highest BCUT2D eigenvalue weighted by Crippen LogP contribution is 2.15. The van der Waals surface area contributed by atoms with E-state index in [1.54, 1.807) is 0 Å². The van der Waals surface area contributed by atoms with Gasteiger partial charge in [-0.25, -0.2) is 0 Å². The summed E-state index contributed by atoms with van der Waals surface area (Å²) in [5.74, 6) is 0.529. The number of aliphatic hydroxyl groups is 1. The molecule has 0 aromatic heterocycles. The van der Waals surface area contributed by atoms with E-state index in [2.05, 4.69) is 50.3 Å². The maximum absolute atomic E-state index is 10.0. The second-order valence-corrected chi connectivity index (χ2v) is 5.89. The lowest BCUT2D eigenvalue weighted by molar-refractivity contribution is 0.148. The number of unbranched alkanes of at least 4 members (excludes halogenated alkanes) is 3. The summed E-state index contributed by atoms with van der Waals surface area (Å²) in [6.45, 7) is 4.45. The molecule has 0 heterocycles. The van der Waals surface area contributed by atoms with Crippen LogP contribution in [0.4, 0.5) is 0 Å². The highest BCUT2D eigenvalue weighted by Gasteiger charge is 2.09. The van der Waals surface area contributed by atoms with Crippen LogP contribution in [0.25, 0.3) is 0 Å². The van der Waals surface area contributed by atoms with Crippen molar-refractivity contribution >= 4 is 0 Å². The minimum absolute atomic E-state index is 0.198. The van der Waals surface area contributed by atoms with Crippen molar-refractivity contribution in [2.45, 2.75) is 64.9 Å². The third-order valence-electron chi connectivity index (χ3n) is 3.65. The van der Waals surface area contributed by atoms with Crippen LogP contribution in [0.3, 0.4) is 0 Å². The normalized spacial score (nSPS) is 14.6. The van der Waals surface area contributed by atoms with Gasteiger partial charge in [0.2, 0.25) is 0 Å². The van der Waals surface area contributed by atoms with Gasteiger partial charge in [-0.2, -0.15) is 0 Å². The largest absolute Gasteiger partial charge is 0.393 e. The molecule has 0 aliphatic carbocycles. The fraction of sp³-hybridized carbons (Fsp3) is 0.579. The van der Waals surface area contributed by atoms with Gasteiger partial charge in [-0.05, 0) is 43.6 Å². The number of hydrogen-bond acceptors (Lipinski definition) is 1. The van der Waals surface area contributed by atoms with E-state index >= 15 is 0 Å². The van der Waals surface area contributed by atoms with E-state index in [0.717, 1.165) is 25.7 Å². The second-order valence-electron chi connectivity index (χ2n) is 5.89. The molecule has 0 bridgehead atoms. The van der Waals surface area contributed by atoms with Crippen LogP contribution in [0.15, 0.2) is 42.5 Å². The molecule has 0 saturated heterocycles. The van der Waals surface area contributed by atoms with E-state index in [4.69, 9.17) is 0 Å². The van der Waals surface area contributed by atoms with Gasteiger partial charge in [0, 0.05) is 0 Å². The van der Waals surface area contributed by atoms with Crippen LogP contribution in [0.2, 0.25) is 0 Å². The molecule has 1 aromatic carbocycles. The number of hydrogen-bond donors (Lipinski definition) is 1. The first kappa shape index (κ1) is 17.0. The molecule has 0 aliphatic heterocycles. The van der Waals surface area contributed by atoms with Gasteiger partial charge < -0.3 is 5.11 Å². The Labute approximate surface area is 124 Å². The first-order valence-corrected chi connectivity index (χ1v) is 8.09. The third-order valence-corrected chi connectivity index (χ3v) is 3.65. The Hall–Kier alpha value is -1.08. The number of aliphatic hydroxyl groups excluding tert-OH is 1. The van der Waals surface area contributed by atoms with Crippen molar-refractivity contribution in [1.29, 1.82) is 0 Å². The van der Waals surface area contributed by atoms with Crippen molar-refractivity contribution in [1.82, 2.24) is 0 Å². The smallest absolute Gasteiger partial charge is 0.0577 e. The summed E-state index contributed by atoms with van der Waals surface area (Å²) < 4.78 is 0. The molecule has 1 heteroatoms. The van der Waals surface area contributed by atoms with Gasteiger partial charge in [0.05, 0.1) is 6.10 Å². The highest BCUT2D eigenvalue weighted by molar-refractivity contribution is 5.15. The summed E-state index contributed by atoms with van der Waals surface area (Å²) in [5.41, 5.74) is 1.36. The van der Waals surface area contributed by atoms with Crippen molar-refractivity contribution < 1.29 is 5.11 Å². The predicted octanol–water partition coefficient (Wildman–Crippen LogP) is 5.14. The van der Waals surface area contributed by atoms with Gasteiger partial charge >= 0.3 is 0 Å². The standard InChI is InChI=1S/C19H30O/c1-3-4-5-6-7-11-14-19(20)16-17(2)15-18-12-9-8-10-13-18/h7-13,17,19-20H,3-6,14-16H2,1-2H3/b11-7+. The van der Waals surface area contributed by atoms with Crippen LogP contribution in [-0.4, -0.2) is 11.2 Å². The van der Waals surface area contributed by atoms with Gasteiger partial charge in [0.15, 0.2) is 0 Å². The molecule has 0 aliphatic rings. The molecule has 112 valence electrons. The summed E-state index contributed by atoms with van der Waals surface area (Å²) in [6, 6.07) is 10.5. The molecule has 0 spiro atoms. The van der Waals surface area contributed by atoms with E-state index in [-0.39, 0.29) is 6.10 Å². The van der Waals surface area contributed by atoms with E-state index in [9.17, 15) is 5.11 Å². The Bertz CT molecular complexity index is 355. The van der Waals surface area contributed by atoms with Crippen molar-refractivity contribution in [2.24, 2.45) is 5.92 Å². The van der Waals surface area contributed by atoms with E-state index in [1.807, 2.05) is 6.07 Å². The van der Waals surface area contributed by atoms with E-state index < -0.39 is 0 Å². The minimum Gasteiger partial charge on any atom is -0.393 e. The topological polar surface area (TPSA) is 20.2 Å². The first-order valence-electron chi connectivity index (χ1n) is 8.09. The molecule has 20 heavy (non-hydrogen) atoms. The molecule has 0 fully saturated rings. The van der Waals surface area contributed by atoms with E-state index in [1.165, 1.54) is 24.8 Å². The summed E-state index contributed by atoms with van der Waals surface area (Å²) in [7, 11) is 0. The lowest BCUT2D eigenvalue weighted by Crippen LogP contribution is -2.12. The Morgan fingerprint density at radius 1 is 1.10 bits per heavy atom. The molecule has 1 N–H and O–H groups in total. The highest BCUT2D eigenvalue weighted by atomic mass is 16.3. The predicted molar refractivity (Wildman–Crippen MR) is 87.8 cm³/mol. The van der Waals surface area contributed by atoms with Crippen LogP contribution < -0.4 is 0 Å². The van der Waals surface area contributed by atoms with Crippen LogP contribution in [0.5, 0.6) is 0 Å². The number of rotatable bonds is 10. The van der Waals surface area contributed by atoms with Gasteiger partial charge in [-0.15, -0.1) is 0 Å². The molecule has 0 amide bonds. The lowest BCUT2D eigenvalue weighted by atomic mass is 9.94. The zero-order valence-electron chi connectivity index (χ0n) is 13.1. The van der Waals surface area contributed by atoms with Crippen molar-refractivity contribution in [3.8, 4) is 0 Å². The first-order chi connectivity index (χ1) is 9.72. The third kappa shape index (κ3) is 8.16. The second kappa shape index (κ2) is 10.7. The fourth-order valence-electron chi connectivity index (χ4n) is 2.54. The Balaban J connectivity index is 2.16. The Kier molecular flexibility index (Phi) is 9.06. The summed E-state index contributed by atoms with van der Waals surface area (Å²) in [4.78, 5) is 0. The summed E-state index contributed by atoms with van der Waals surface area (Å²) >= 11 is 0. The van der Waals surface area contributed by atoms with Crippen molar-refractivity contribution in [3.05, 3.63) is 48.0 Å². The number of benzene rings is 1. The molecule has 1 aromatic rings. The minimum atomic E-state index is -0.198. The molecule has 0 radical (unpaired) electrons. The summed E-state index contributed by atoms with van der Waals surface area (Å²) in [6.07, 6.45) is 11.9. The Morgan fingerprint density at radius 2 is 1.85 bits per heavy atom. The zero-order valence-corrected chi connectivity index (χ0v) is 13.1. The maximum Gasteiger partial charge on any atom is 0.0577 e. The van der Waals surface area contributed by atoms with E-state index in [0.29, 0.717) is 5.92 Å². The van der Waals surface area contributed by atoms with Gasteiger partial charge in [0.25, 0.3) is 0 Å². The number of allylic oxidation sites excluding steroid dienone is 1. The van der Waals surface area contributed by atoms with Crippen LogP contribution in [-0.2, 0) is 6.42 Å². The average molecular weight is 274 g/mol. The quantitative estimate of drug-likeness (QED) is 0.462. The molecule has 2 unspecified atom stereocenters. The molecule has 2 atom stereocenters. The van der Waals surface area contributed by atoms with Crippen molar-refractivity contribution in [2.75, 3.05) is 0 Å². The summed E-state index contributed by atoms with van der Waals surface area (Å²) in [5, 5.41) is 10.0. The van der Waals surface area contributed by atoms with Crippen molar-refractivity contribution in [3.63, 3.8) is 0 Å². The Morgan fingerprint density at radius 3 is 2.55 bits per heavy atom. The molecule has 1 nitrogen and oxygen atoms in total. The molecular formula is C19H30O. The molecule has 0 saturated carbocycles. The van der Waals surface area contributed by atoms with Gasteiger partial charge in [0.1, 0.15) is 0 Å². The average Bonchev–Trinajstić information content (AvgIpc) is 2.43. The monoisotopic (exact) mass is 274 g/mol. The van der Waals surface area contributed by atoms with Crippen LogP contribution in [0, 0.1) is 5.92 Å². The fourth-order valence-corrected chi connectivity index (χ4v) is 2.54. The maximum atomic E-state index is 10.0. The van der Waals surface area contributed by atoms with Gasteiger partial charge in [-0.1, -0.05) is 69.2 Å². The van der Waals surface area contributed by atoms with Gasteiger partial charge in [-0.3, -0.25) is 0 Å². The SMILES string of the molecule is CCCCC/C=C/CC(O)CC(C)Cc1ccccc1.